The summed E-state index contributed by atoms with van der Waals surface area (Å²) >= 11 is 0. The van der Waals surface area contributed by atoms with Gasteiger partial charge < -0.3 is 14.7 Å². The highest BCUT2D eigenvalue weighted by atomic mass is 32.2. The zero-order valence-corrected chi connectivity index (χ0v) is 13.5. The zero-order valence-electron chi connectivity index (χ0n) is 12.7. The van der Waals surface area contributed by atoms with Crippen LogP contribution in [0.25, 0.3) is 21.8 Å². The van der Waals surface area contributed by atoms with E-state index in [0.717, 1.165) is 0 Å². The van der Waals surface area contributed by atoms with E-state index in [-0.39, 0.29) is 21.3 Å². The number of benzene rings is 2. The summed E-state index contributed by atoms with van der Waals surface area (Å²) in [5.41, 5.74) is 0.122. The highest BCUT2D eigenvalue weighted by molar-refractivity contribution is 7.85. The van der Waals surface area contributed by atoms with Gasteiger partial charge in [-0.15, -0.1) is 0 Å². The van der Waals surface area contributed by atoms with Gasteiger partial charge in [-0.05, 0) is 24.3 Å². The van der Waals surface area contributed by atoms with Crippen molar-refractivity contribution in [1.29, 1.82) is 0 Å². The van der Waals surface area contributed by atoms with Gasteiger partial charge in [-0.25, -0.2) is 4.21 Å². The molecule has 4 aromatic rings. The van der Waals surface area contributed by atoms with Crippen LogP contribution in [0.4, 0.5) is 0 Å². The third-order valence-electron chi connectivity index (χ3n) is 4.24. The van der Waals surface area contributed by atoms with Crippen molar-refractivity contribution in [2.45, 2.75) is 9.79 Å². The molecule has 6 nitrogen and oxygen atoms in total. The van der Waals surface area contributed by atoms with Crippen molar-refractivity contribution in [2.24, 2.45) is 0 Å². The van der Waals surface area contributed by atoms with Gasteiger partial charge in [0.2, 0.25) is 0 Å². The smallest absolute Gasteiger partial charge is 0.268 e. The number of rotatable bonds is 0. The first-order chi connectivity index (χ1) is 12.1. The second-order valence-corrected chi connectivity index (χ2v) is 7.04. The molecule has 0 atom stereocenters. The number of hydrogen-bond donors (Lipinski definition) is 2. The van der Waals surface area contributed by atoms with E-state index in [1.165, 1.54) is 0 Å². The van der Waals surface area contributed by atoms with Crippen LogP contribution in [0, 0.1) is 0 Å². The number of hydrogen-bond acceptors (Lipinski definition) is 4. The molecule has 2 aromatic carbocycles. The van der Waals surface area contributed by atoms with E-state index >= 15 is 0 Å². The number of para-hydroxylation sites is 2. The molecular weight excluding hydrogens is 340 g/mol. The molecule has 0 spiro atoms. The molecule has 0 fully saturated rings. The van der Waals surface area contributed by atoms with E-state index in [1.807, 2.05) is 0 Å². The molecule has 1 aliphatic rings. The van der Waals surface area contributed by atoms with Crippen LogP contribution in [-0.4, -0.2) is 14.2 Å². The van der Waals surface area contributed by atoms with Crippen LogP contribution in [0.2, 0.25) is 0 Å². The molecule has 0 unspecified atom stereocenters. The number of ether oxygens (including phenoxy) is 1. The molecule has 0 amide bonds. The highest BCUT2D eigenvalue weighted by Crippen LogP contribution is 2.43. The van der Waals surface area contributed by atoms with Crippen molar-refractivity contribution in [2.75, 3.05) is 0 Å². The van der Waals surface area contributed by atoms with Crippen molar-refractivity contribution in [3.8, 4) is 11.5 Å². The first-order valence-electron chi connectivity index (χ1n) is 7.55. The van der Waals surface area contributed by atoms with E-state index in [2.05, 4.69) is 9.97 Å². The van der Waals surface area contributed by atoms with Crippen molar-refractivity contribution < 1.29 is 8.95 Å². The Morgan fingerprint density at radius 1 is 0.720 bits per heavy atom. The maximum absolute atomic E-state index is 13.0. The number of aromatic nitrogens is 2. The van der Waals surface area contributed by atoms with E-state index in [0.29, 0.717) is 21.8 Å². The van der Waals surface area contributed by atoms with Crippen LogP contribution in [0.15, 0.2) is 67.9 Å². The van der Waals surface area contributed by atoms with Crippen LogP contribution in [0.5, 0.6) is 11.5 Å². The Morgan fingerprint density at radius 3 is 1.64 bits per heavy atom. The Kier molecular flexibility index (Phi) is 2.78. The van der Waals surface area contributed by atoms with Crippen LogP contribution >= 0.6 is 0 Å². The quantitative estimate of drug-likeness (QED) is 0.449. The standard InChI is InChI=1S/C18H10N2O4S/c21-17-15-13(9-5-1-3-7-11(9)19-17)24-14-10-6-2-4-8-12(10)20-18(22)16(14)25(15)23/h1-8H,(H,19,21)(H,20,22). The Labute approximate surface area is 142 Å². The van der Waals surface area contributed by atoms with Crippen molar-refractivity contribution in [3.05, 3.63) is 69.2 Å². The van der Waals surface area contributed by atoms with Gasteiger partial charge in [0.05, 0.1) is 11.0 Å². The summed E-state index contributed by atoms with van der Waals surface area (Å²) in [5.74, 6) is 0.474. The largest absolute Gasteiger partial charge is 0.453 e. The van der Waals surface area contributed by atoms with Gasteiger partial charge in [0.25, 0.3) is 11.1 Å². The summed E-state index contributed by atoms with van der Waals surface area (Å²) in [6, 6.07) is 14.2. The second kappa shape index (κ2) is 4.90. The maximum atomic E-state index is 13.0. The third-order valence-corrected chi connectivity index (χ3v) is 5.72. The van der Waals surface area contributed by atoms with Crippen molar-refractivity contribution in [3.63, 3.8) is 0 Å². The van der Waals surface area contributed by atoms with E-state index in [4.69, 9.17) is 4.74 Å². The lowest BCUT2D eigenvalue weighted by atomic mass is 10.2. The van der Waals surface area contributed by atoms with E-state index < -0.39 is 21.9 Å². The van der Waals surface area contributed by atoms with Crippen molar-refractivity contribution in [1.82, 2.24) is 9.97 Å². The SMILES string of the molecule is O=c1[nH]c2ccccc2c2c1S(=O)c1c(c3ccccc3[nH]c1=O)O2. The summed E-state index contributed by atoms with van der Waals surface area (Å²) in [6.45, 7) is 0. The van der Waals surface area contributed by atoms with Gasteiger partial charge in [-0.2, -0.15) is 0 Å². The lowest BCUT2D eigenvalue weighted by Gasteiger charge is -2.21. The van der Waals surface area contributed by atoms with Gasteiger partial charge in [-0.3, -0.25) is 9.59 Å². The minimum atomic E-state index is -1.94. The summed E-state index contributed by atoms with van der Waals surface area (Å²) in [7, 11) is -1.94. The molecule has 5 rings (SSSR count). The van der Waals surface area contributed by atoms with Crippen LogP contribution < -0.4 is 15.9 Å². The molecule has 0 saturated heterocycles. The molecule has 2 aromatic heterocycles. The van der Waals surface area contributed by atoms with Crippen LogP contribution in [-0.2, 0) is 10.8 Å². The van der Waals surface area contributed by atoms with Gasteiger partial charge >= 0.3 is 0 Å². The molecule has 122 valence electrons. The summed E-state index contributed by atoms with van der Waals surface area (Å²) in [5, 5.41) is 1.28. The normalized spacial score (nSPS) is 13.4. The van der Waals surface area contributed by atoms with Crippen molar-refractivity contribution >= 4 is 32.6 Å². The van der Waals surface area contributed by atoms with Gasteiger partial charge in [-0.1, -0.05) is 24.3 Å². The minimum absolute atomic E-state index is 0.0352. The summed E-state index contributed by atoms with van der Waals surface area (Å²) in [4.78, 5) is 30.2. The average molecular weight is 350 g/mol. The predicted molar refractivity (Wildman–Crippen MR) is 93.9 cm³/mol. The summed E-state index contributed by atoms with van der Waals surface area (Å²) < 4.78 is 19.0. The number of pyridine rings is 2. The monoisotopic (exact) mass is 350 g/mol. The molecule has 2 N–H and O–H groups in total. The number of fused-ring (bicyclic) bond motifs is 6. The Bertz CT molecular complexity index is 1240. The molecule has 7 heteroatoms. The van der Waals surface area contributed by atoms with E-state index in [1.54, 1.807) is 48.5 Å². The molecule has 0 bridgehead atoms. The minimum Gasteiger partial charge on any atom is -0.453 e. The van der Waals surface area contributed by atoms with E-state index in [9.17, 15) is 13.8 Å². The Morgan fingerprint density at radius 2 is 1.16 bits per heavy atom. The molecule has 25 heavy (non-hydrogen) atoms. The molecular formula is C18H10N2O4S. The zero-order chi connectivity index (χ0) is 17.1. The fourth-order valence-corrected chi connectivity index (χ4v) is 4.42. The number of aromatic amines is 2. The first-order valence-corrected chi connectivity index (χ1v) is 8.70. The highest BCUT2D eigenvalue weighted by Gasteiger charge is 2.32. The van der Waals surface area contributed by atoms with Gasteiger partial charge in [0.15, 0.2) is 21.3 Å². The van der Waals surface area contributed by atoms with Gasteiger partial charge in [0.1, 0.15) is 10.8 Å². The molecule has 0 aliphatic carbocycles. The number of H-pyrrole nitrogens is 2. The fourth-order valence-electron chi connectivity index (χ4n) is 3.13. The van der Waals surface area contributed by atoms with Crippen LogP contribution in [0.3, 0.4) is 0 Å². The molecule has 0 saturated carbocycles. The fraction of sp³-hybridized carbons (Fsp3) is 0. The third kappa shape index (κ3) is 1.87. The maximum Gasteiger partial charge on any atom is 0.268 e. The second-order valence-electron chi connectivity index (χ2n) is 5.69. The number of nitrogens with one attached hydrogen (secondary N) is 2. The van der Waals surface area contributed by atoms with Gasteiger partial charge in [0, 0.05) is 10.8 Å². The first kappa shape index (κ1) is 14.2. The Hall–Kier alpha value is -3.19. The summed E-state index contributed by atoms with van der Waals surface area (Å²) in [6.07, 6.45) is 0. The lowest BCUT2D eigenvalue weighted by molar-refractivity contribution is 0.457. The molecule has 3 heterocycles. The molecule has 1 aliphatic heterocycles. The topological polar surface area (TPSA) is 92.0 Å². The Balaban J connectivity index is 1.95. The van der Waals surface area contributed by atoms with Crippen LogP contribution in [0.1, 0.15) is 0 Å². The predicted octanol–water partition coefficient (Wildman–Crippen LogP) is 2.64. The average Bonchev–Trinajstić information content (AvgIpc) is 2.61. The molecule has 0 radical (unpaired) electrons. The lowest BCUT2D eigenvalue weighted by Crippen LogP contribution is -2.24.